The minimum Gasteiger partial charge on any atom is -0.497 e. The number of hydrogen-bond donors (Lipinski definition) is 1. The van der Waals surface area contributed by atoms with E-state index >= 15 is 0 Å². The molecular formula is C15H19NO5. The normalized spacial score (nSPS) is 21.2. The van der Waals surface area contributed by atoms with Crippen LogP contribution in [-0.4, -0.2) is 29.8 Å². The van der Waals surface area contributed by atoms with Crippen LogP contribution in [0, 0.1) is 0 Å². The lowest BCUT2D eigenvalue weighted by Crippen LogP contribution is -2.46. The van der Waals surface area contributed by atoms with Gasteiger partial charge in [0.2, 0.25) is 0 Å². The molecule has 1 atom stereocenters. The number of anilines is 1. The van der Waals surface area contributed by atoms with E-state index in [4.69, 9.17) is 9.47 Å². The number of carbonyl (C=O) groups excluding carboxylic acids is 2. The molecule has 1 amide bonds. The van der Waals surface area contributed by atoms with Gasteiger partial charge in [0, 0.05) is 5.56 Å². The average Bonchev–Trinajstić information content (AvgIpc) is 2.60. The lowest BCUT2D eigenvalue weighted by atomic mass is 9.83. The maximum atomic E-state index is 12.5. The monoisotopic (exact) mass is 293 g/mol. The number of benzene rings is 1. The highest BCUT2D eigenvalue weighted by Gasteiger charge is 2.55. The van der Waals surface area contributed by atoms with Gasteiger partial charge < -0.3 is 9.47 Å². The number of rotatable bonds is 2. The molecule has 0 saturated heterocycles. The zero-order valence-electron chi connectivity index (χ0n) is 12.8. The SMILES string of the molecule is COc1ccc2c(c1)C(C)(C(=O)OC(C)(C)C)C(=O)N2O. The summed E-state index contributed by atoms with van der Waals surface area (Å²) in [6.07, 6.45) is 0. The van der Waals surface area contributed by atoms with E-state index in [1.807, 2.05) is 0 Å². The molecule has 0 fully saturated rings. The quantitative estimate of drug-likeness (QED) is 0.513. The van der Waals surface area contributed by atoms with Crippen LogP contribution in [0.15, 0.2) is 18.2 Å². The number of hydroxylamine groups is 1. The lowest BCUT2D eigenvalue weighted by molar-refractivity contribution is -0.164. The Labute approximate surface area is 123 Å². The van der Waals surface area contributed by atoms with Gasteiger partial charge >= 0.3 is 5.97 Å². The van der Waals surface area contributed by atoms with E-state index in [0.29, 0.717) is 16.4 Å². The molecule has 1 aromatic carbocycles. The molecule has 0 radical (unpaired) electrons. The van der Waals surface area contributed by atoms with Gasteiger partial charge in [0.05, 0.1) is 12.8 Å². The second-order valence-corrected chi connectivity index (χ2v) is 6.13. The number of methoxy groups -OCH3 is 1. The first-order valence-electron chi connectivity index (χ1n) is 6.56. The van der Waals surface area contributed by atoms with E-state index in [2.05, 4.69) is 0 Å². The van der Waals surface area contributed by atoms with Gasteiger partial charge in [0.1, 0.15) is 11.4 Å². The maximum Gasteiger partial charge on any atom is 0.326 e. The Balaban J connectivity index is 2.54. The van der Waals surface area contributed by atoms with Gasteiger partial charge in [-0.25, -0.2) is 0 Å². The third-order valence-electron chi connectivity index (χ3n) is 3.40. The van der Waals surface area contributed by atoms with Crippen molar-refractivity contribution in [2.75, 3.05) is 12.2 Å². The number of nitrogens with zero attached hydrogens (tertiary/aromatic N) is 1. The molecule has 1 heterocycles. The molecule has 6 heteroatoms. The Kier molecular flexibility index (Phi) is 3.45. The highest BCUT2D eigenvalue weighted by molar-refractivity contribution is 6.19. The second kappa shape index (κ2) is 4.73. The van der Waals surface area contributed by atoms with Crippen molar-refractivity contribution in [1.82, 2.24) is 0 Å². The average molecular weight is 293 g/mol. The molecule has 21 heavy (non-hydrogen) atoms. The molecule has 0 saturated carbocycles. The van der Waals surface area contributed by atoms with Crippen LogP contribution in [0.1, 0.15) is 33.3 Å². The molecule has 114 valence electrons. The van der Waals surface area contributed by atoms with Crippen LogP contribution in [0.25, 0.3) is 0 Å². The summed E-state index contributed by atoms with van der Waals surface area (Å²) in [4.78, 5) is 24.8. The molecule has 1 aliphatic rings. The summed E-state index contributed by atoms with van der Waals surface area (Å²) in [6, 6.07) is 4.70. The van der Waals surface area contributed by atoms with Gasteiger partial charge in [-0.1, -0.05) is 0 Å². The largest absolute Gasteiger partial charge is 0.497 e. The van der Waals surface area contributed by atoms with E-state index in [9.17, 15) is 14.8 Å². The lowest BCUT2D eigenvalue weighted by Gasteiger charge is -2.27. The molecule has 0 aliphatic carbocycles. The number of ether oxygens (including phenoxy) is 2. The van der Waals surface area contributed by atoms with Crippen molar-refractivity contribution >= 4 is 17.6 Å². The standard InChI is InChI=1S/C15H19NO5/c1-14(2,3)21-13(18)15(4)10-8-9(20-5)6-7-11(10)16(19)12(15)17/h6-8,19H,1-5H3. The van der Waals surface area contributed by atoms with Crippen LogP contribution in [0.5, 0.6) is 5.75 Å². The van der Waals surface area contributed by atoms with Crippen LogP contribution >= 0.6 is 0 Å². The van der Waals surface area contributed by atoms with Crippen molar-refractivity contribution < 1.29 is 24.3 Å². The summed E-state index contributed by atoms with van der Waals surface area (Å²) in [5.41, 5.74) is -1.70. The number of carbonyl (C=O) groups is 2. The summed E-state index contributed by atoms with van der Waals surface area (Å²) < 4.78 is 10.5. The minimum absolute atomic E-state index is 0.258. The third-order valence-corrected chi connectivity index (χ3v) is 3.40. The van der Waals surface area contributed by atoms with Crippen LogP contribution in [-0.2, 0) is 19.7 Å². The van der Waals surface area contributed by atoms with Gasteiger partial charge in [-0.15, -0.1) is 0 Å². The molecule has 2 rings (SSSR count). The minimum atomic E-state index is -1.59. The number of fused-ring (bicyclic) bond motifs is 1. The fourth-order valence-electron chi connectivity index (χ4n) is 2.24. The number of amides is 1. The molecule has 0 aromatic heterocycles. The molecule has 1 unspecified atom stereocenters. The zero-order valence-corrected chi connectivity index (χ0v) is 12.8. The summed E-state index contributed by atoms with van der Waals surface area (Å²) >= 11 is 0. The van der Waals surface area contributed by atoms with Gasteiger partial charge in [0.25, 0.3) is 5.91 Å². The Morgan fingerprint density at radius 3 is 2.48 bits per heavy atom. The fraction of sp³-hybridized carbons (Fsp3) is 0.467. The zero-order chi connectivity index (χ0) is 16.0. The van der Waals surface area contributed by atoms with Gasteiger partial charge in [-0.05, 0) is 45.9 Å². The molecule has 0 bridgehead atoms. The molecule has 0 spiro atoms. The topological polar surface area (TPSA) is 76.1 Å². The Bertz CT molecular complexity index is 605. The number of hydrogen-bond acceptors (Lipinski definition) is 5. The summed E-state index contributed by atoms with van der Waals surface area (Å²) in [6.45, 7) is 6.60. The predicted octanol–water partition coefficient (Wildman–Crippen LogP) is 2.03. The molecule has 1 aromatic rings. The Hall–Kier alpha value is -2.08. The van der Waals surface area contributed by atoms with Crippen molar-refractivity contribution in [2.45, 2.75) is 38.7 Å². The van der Waals surface area contributed by atoms with Gasteiger partial charge in [0.15, 0.2) is 5.41 Å². The third kappa shape index (κ3) is 2.35. The molecule has 1 N–H and O–H groups in total. The van der Waals surface area contributed by atoms with Crippen LogP contribution < -0.4 is 9.80 Å². The molecule has 1 aliphatic heterocycles. The number of esters is 1. The summed E-state index contributed by atoms with van der Waals surface area (Å²) in [5.74, 6) is -0.947. The van der Waals surface area contributed by atoms with E-state index in [0.717, 1.165) is 0 Å². The second-order valence-electron chi connectivity index (χ2n) is 6.13. The first kappa shape index (κ1) is 15.3. The highest BCUT2D eigenvalue weighted by Crippen LogP contribution is 2.43. The summed E-state index contributed by atoms with van der Waals surface area (Å²) in [5, 5.41) is 10.4. The predicted molar refractivity (Wildman–Crippen MR) is 75.5 cm³/mol. The molecular weight excluding hydrogens is 274 g/mol. The smallest absolute Gasteiger partial charge is 0.326 e. The van der Waals surface area contributed by atoms with E-state index < -0.39 is 22.9 Å². The van der Waals surface area contributed by atoms with Crippen molar-refractivity contribution in [3.63, 3.8) is 0 Å². The van der Waals surface area contributed by atoms with Gasteiger partial charge in [-0.2, -0.15) is 5.06 Å². The Morgan fingerprint density at radius 2 is 1.95 bits per heavy atom. The van der Waals surface area contributed by atoms with E-state index in [1.165, 1.54) is 20.1 Å². The van der Waals surface area contributed by atoms with Crippen molar-refractivity contribution in [3.05, 3.63) is 23.8 Å². The van der Waals surface area contributed by atoms with Crippen molar-refractivity contribution in [3.8, 4) is 5.75 Å². The first-order valence-corrected chi connectivity index (χ1v) is 6.56. The van der Waals surface area contributed by atoms with E-state index in [1.54, 1.807) is 32.9 Å². The molecule has 6 nitrogen and oxygen atoms in total. The van der Waals surface area contributed by atoms with Crippen molar-refractivity contribution in [2.24, 2.45) is 0 Å². The van der Waals surface area contributed by atoms with Crippen LogP contribution in [0.4, 0.5) is 5.69 Å². The Morgan fingerprint density at radius 1 is 1.33 bits per heavy atom. The van der Waals surface area contributed by atoms with Crippen molar-refractivity contribution in [1.29, 1.82) is 0 Å². The van der Waals surface area contributed by atoms with Crippen LogP contribution in [0.3, 0.4) is 0 Å². The van der Waals surface area contributed by atoms with Crippen LogP contribution in [0.2, 0.25) is 0 Å². The fourth-order valence-corrected chi connectivity index (χ4v) is 2.24. The summed E-state index contributed by atoms with van der Waals surface area (Å²) in [7, 11) is 1.49. The maximum absolute atomic E-state index is 12.5. The van der Waals surface area contributed by atoms with Gasteiger partial charge in [-0.3, -0.25) is 14.8 Å². The highest BCUT2D eigenvalue weighted by atomic mass is 16.6. The first-order chi connectivity index (χ1) is 9.61. The van der Waals surface area contributed by atoms with E-state index in [-0.39, 0.29) is 5.69 Å².